The molecule has 4 rings (SSSR count). The number of aliphatic hydroxyl groups is 2. The molecule has 30 heavy (non-hydrogen) atoms. The normalized spacial score (nSPS) is 12.0. The summed E-state index contributed by atoms with van der Waals surface area (Å²) < 4.78 is 18.8. The van der Waals surface area contributed by atoms with Gasteiger partial charge in [-0.05, 0) is 54.6 Å². The Morgan fingerprint density at radius 1 is 0.900 bits per heavy atom. The fourth-order valence-corrected chi connectivity index (χ4v) is 2.97. The number of nitrogens with one attached hydrogen (secondary N) is 1. The summed E-state index contributed by atoms with van der Waals surface area (Å²) >= 11 is 0. The summed E-state index contributed by atoms with van der Waals surface area (Å²) in [6.45, 7) is -0.207. The van der Waals surface area contributed by atoms with Crippen molar-refractivity contribution in [1.29, 1.82) is 0 Å². The molecule has 0 unspecified atom stereocenters. The monoisotopic (exact) mass is 405 g/mol. The van der Waals surface area contributed by atoms with Crippen LogP contribution in [0, 0.1) is 5.82 Å². The highest BCUT2D eigenvalue weighted by Crippen LogP contribution is 2.30. The molecule has 0 spiro atoms. The Bertz CT molecular complexity index is 1130. The Hall–Kier alpha value is -3.55. The molecule has 1 atom stereocenters. The van der Waals surface area contributed by atoms with Crippen LogP contribution in [0.2, 0.25) is 0 Å². The smallest absolute Gasteiger partial charge is 0.223 e. The van der Waals surface area contributed by atoms with E-state index in [4.69, 9.17) is 9.84 Å². The molecule has 0 bridgehead atoms. The minimum atomic E-state index is -0.897. The van der Waals surface area contributed by atoms with E-state index in [1.807, 2.05) is 48.5 Å². The van der Waals surface area contributed by atoms with E-state index in [0.717, 1.165) is 22.2 Å². The standard InChI is InChI=1S/C23H20FN3O3/c24-16-7-11-19(12-8-16)30-18-9-5-15(6-10-18)22-20-3-1-2-4-21(20)26-23(27-22)25-13-17(29)14-28/h1-12,17,28-29H,13-14H2,(H,25,26,27)/t17-/m1/s1. The number of hydrogen-bond acceptors (Lipinski definition) is 6. The fourth-order valence-electron chi connectivity index (χ4n) is 2.97. The molecule has 0 radical (unpaired) electrons. The van der Waals surface area contributed by atoms with Crippen molar-refractivity contribution in [3.8, 4) is 22.8 Å². The van der Waals surface area contributed by atoms with Crippen LogP contribution in [0.25, 0.3) is 22.2 Å². The second-order valence-electron chi connectivity index (χ2n) is 6.71. The zero-order valence-corrected chi connectivity index (χ0v) is 16.0. The van der Waals surface area contributed by atoms with Crippen LogP contribution in [0.5, 0.6) is 11.5 Å². The number of halogens is 1. The van der Waals surface area contributed by atoms with E-state index >= 15 is 0 Å². The lowest BCUT2D eigenvalue weighted by atomic mass is 10.1. The Morgan fingerprint density at radius 3 is 2.27 bits per heavy atom. The first-order chi connectivity index (χ1) is 14.6. The third kappa shape index (κ3) is 4.53. The van der Waals surface area contributed by atoms with Crippen LogP contribution in [0.15, 0.2) is 72.8 Å². The summed E-state index contributed by atoms with van der Waals surface area (Å²) in [6.07, 6.45) is -0.897. The summed E-state index contributed by atoms with van der Waals surface area (Å²) in [7, 11) is 0. The summed E-state index contributed by atoms with van der Waals surface area (Å²) in [6, 6.07) is 20.9. The summed E-state index contributed by atoms with van der Waals surface area (Å²) in [5.41, 5.74) is 2.36. The quantitative estimate of drug-likeness (QED) is 0.431. The number of benzene rings is 3. The van der Waals surface area contributed by atoms with Gasteiger partial charge in [0.05, 0.1) is 23.9 Å². The van der Waals surface area contributed by atoms with Gasteiger partial charge in [-0.1, -0.05) is 18.2 Å². The maximum Gasteiger partial charge on any atom is 0.223 e. The van der Waals surface area contributed by atoms with Gasteiger partial charge in [-0.25, -0.2) is 14.4 Å². The topological polar surface area (TPSA) is 87.5 Å². The van der Waals surface area contributed by atoms with E-state index in [1.165, 1.54) is 12.1 Å². The molecular weight excluding hydrogens is 385 g/mol. The predicted molar refractivity (Wildman–Crippen MR) is 113 cm³/mol. The molecule has 0 aliphatic heterocycles. The van der Waals surface area contributed by atoms with E-state index < -0.39 is 6.10 Å². The first kappa shape index (κ1) is 19.8. The van der Waals surface area contributed by atoms with E-state index in [1.54, 1.807) is 12.1 Å². The second kappa shape index (κ2) is 8.86. The van der Waals surface area contributed by atoms with Gasteiger partial charge in [-0.2, -0.15) is 0 Å². The summed E-state index contributed by atoms with van der Waals surface area (Å²) in [5, 5.41) is 22.4. The number of para-hydroxylation sites is 1. The number of hydrogen-bond donors (Lipinski definition) is 3. The second-order valence-corrected chi connectivity index (χ2v) is 6.71. The van der Waals surface area contributed by atoms with Gasteiger partial charge < -0.3 is 20.3 Å². The molecule has 6 nitrogen and oxygen atoms in total. The largest absolute Gasteiger partial charge is 0.457 e. The SMILES string of the molecule is OC[C@H](O)CNc1nc(-c2ccc(Oc3ccc(F)cc3)cc2)c2ccccc2n1. The molecule has 3 aromatic carbocycles. The molecule has 152 valence electrons. The third-order valence-electron chi connectivity index (χ3n) is 4.49. The number of ether oxygens (including phenoxy) is 1. The zero-order valence-electron chi connectivity index (χ0n) is 16.0. The maximum absolute atomic E-state index is 13.0. The highest BCUT2D eigenvalue weighted by atomic mass is 19.1. The Kier molecular flexibility index (Phi) is 5.83. The fraction of sp³-hybridized carbons (Fsp3) is 0.130. The van der Waals surface area contributed by atoms with E-state index in [9.17, 15) is 9.50 Å². The molecule has 1 heterocycles. The van der Waals surface area contributed by atoms with Crippen LogP contribution in [0.3, 0.4) is 0 Å². The van der Waals surface area contributed by atoms with Crippen LogP contribution in [-0.4, -0.2) is 39.4 Å². The van der Waals surface area contributed by atoms with Crippen molar-refractivity contribution in [3.05, 3.63) is 78.6 Å². The zero-order chi connectivity index (χ0) is 20.9. The van der Waals surface area contributed by atoms with Crippen LogP contribution < -0.4 is 10.1 Å². The molecule has 1 aromatic heterocycles. The molecule has 3 N–H and O–H groups in total. The number of rotatable bonds is 7. The molecule has 4 aromatic rings. The number of fused-ring (bicyclic) bond motifs is 1. The van der Waals surface area contributed by atoms with E-state index in [-0.39, 0.29) is 19.0 Å². The molecule has 0 aliphatic carbocycles. The maximum atomic E-state index is 13.0. The first-order valence-corrected chi connectivity index (χ1v) is 9.46. The van der Waals surface area contributed by atoms with Gasteiger partial charge in [0.1, 0.15) is 17.3 Å². The molecule has 0 fully saturated rings. The van der Waals surface area contributed by atoms with Gasteiger partial charge in [-0.15, -0.1) is 0 Å². The molecule has 7 heteroatoms. The van der Waals surface area contributed by atoms with Crippen LogP contribution >= 0.6 is 0 Å². The van der Waals surface area contributed by atoms with Crippen molar-refractivity contribution in [2.75, 3.05) is 18.5 Å². The number of aliphatic hydroxyl groups excluding tert-OH is 2. The summed E-state index contributed by atoms with van der Waals surface area (Å²) in [4.78, 5) is 9.08. The number of nitrogens with zero attached hydrogens (tertiary/aromatic N) is 2. The van der Waals surface area contributed by atoms with Gasteiger partial charge >= 0.3 is 0 Å². The highest BCUT2D eigenvalue weighted by Gasteiger charge is 2.11. The molecule has 0 amide bonds. The average Bonchev–Trinajstić information content (AvgIpc) is 2.79. The van der Waals surface area contributed by atoms with Gasteiger partial charge in [0, 0.05) is 17.5 Å². The lowest BCUT2D eigenvalue weighted by Crippen LogP contribution is -2.23. The predicted octanol–water partition coefficient (Wildman–Crippen LogP) is 3.99. The van der Waals surface area contributed by atoms with Crippen LogP contribution in [0.4, 0.5) is 10.3 Å². The minimum Gasteiger partial charge on any atom is -0.457 e. The lowest BCUT2D eigenvalue weighted by molar-refractivity contribution is 0.105. The van der Waals surface area contributed by atoms with Gasteiger partial charge in [0.2, 0.25) is 5.95 Å². The molecular formula is C23H20FN3O3. The van der Waals surface area contributed by atoms with Crippen molar-refractivity contribution < 1.29 is 19.3 Å². The van der Waals surface area contributed by atoms with Crippen molar-refractivity contribution in [2.45, 2.75) is 6.10 Å². The Balaban J connectivity index is 1.63. The summed E-state index contributed by atoms with van der Waals surface area (Å²) in [5.74, 6) is 1.21. The van der Waals surface area contributed by atoms with Crippen LogP contribution in [-0.2, 0) is 0 Å². The molecule has 0 saturated heterocycles. The first-order valence-electron chi connectivity index (χ1n) is 9.46. The van der Waals surface area contributed by atoms with E-state index in [0.29, 0.717) is 17.4 Å². The van der Waals surface area contributed by atoms with Crippen molar-refractivity contribution in [1.82, 2.24) is 9.97 Å². The van der Waals surface area contributed by atoms with Crippen molar-refractivity contribution in [3.63, 3.8) is 0 Å². The van der Waals surface area contributed by atoms with E-state index in [2.05, 4.69) is 15.3 Å². The van der Waals surface area contributed by atoms with Gasteiger partial charge in [0.15, 0.2) is 0 Å². The number of aromatic nitrogens is 2. The Morgan fingerprint density at radius 2 is 1.57 bits per heavy atom. The molecule has 0 saturated carbocycles. The lowest BCUT2D eigenvalue weighted by Gasteiger charge is -2.12. The molecule has 0 aliphatic rings. The van der Waals surface area contributed by atoms with Crippen molar-refractivity contribution >= 4 is 16.9 Å². The van der Waals surface area contributed by atoms with Gasteiger partial charge in [-0.3, -0.25) is 0 Å². The van der Waals surface area contributed by atoms with Gasteiger partial charge in [0.25, 0.3) is 0 Å². The number of anilines is 1. The average molecular weight is 405 g/mol. The highest BCUT2D eigenvalue weighted by molar-refractivity contribution is 5.93. The Labute approximate surface area is 172 Å². The van der Waals surface area contributed by atoms with Crippen molar-refractivity contribution in [2.24, 2.45) is 0 Å². The van der Waals surface area contributed by atoms with Crippen LogP contribution in [0.1, 0.15) is 0 Å². The minimum absolute atomic E-state index is 0.138. The third-order valence-corrected chi connectivity index (χ3v) is 4.49.